The Kier molecular flexibility index (Phi) is 2.88. The first-order valence-corrected chi connectivity index (χ1v) is 4.20. The molecule has 0 fully saturated rings. The van der Waals surface area contributed by atoms with Crippen molar-refractivity contribution in [2.45, 2.75) is 6.54 Å². The average Bonchev–Trinajstić information content (AvgIpc) is 1.88. The molecular weight excluding hydrogens is 262 g/mol. The van der Waals surface area contributed by atoms with Gasteiger partial charge in [-0.3, -0.25) is 0 Å². The smallest absolute Gasteiger partial charge is 0.134 e. The Labute approximate surface area is 77.9 Å². The average molecular weight is 268 g/mol. The Bertz CT molecular complexity index is 219. The van der Waals surface area contributed by atoms with Gasteiger partial charge >= 0.3 is 0 Å². The zero-order chi connectivity index (χ0) is 7.56. The predicted octanol–water partition coefficient (Wildman–Crippen LogP) is 1.80. The number of rotatable bonds is 1. The van der Waals surface area contributed by atoms with Crippen LogP contribution in [0.15, 0.2) is 12.3 Å². The normalized spacial score (nSPS) is 9.90. The molecule has 0 amide bonds. The maximum absolute atomic E-state index is 5.73. The summed E-state index contributed by atoms with van der Waals surface area (Å²) in [5.41, 5.74) is 6.34. The second kappa shape index (κ2) is 3.50. The summed E-state index contributed by atoms with van der Waals surface area (Å²) >= 11 is 7.92. The highest BCUT2D eigenvalue weighted by molar-refractivity contribution is 14.1. The maximum Gasteiger partial charge on any atom is 0.134 e. The van der Waals surface area contributed by atoms with E-state index in [2.05, 4.69) is 27.6 Å². The molecule has 0 aliphatic rings. The summed E-state index contributed by atoms with van der Waals surface area (Å²) < 4.78 is 1.07. The standard InChI is InChI=1S/C6H6ClIN2/c7-6-4(3-9)5(8)1-2-10-6/h1-2H,3,9H2. The van der Waals surface area contributed by atoms with E-state index in [1.165, 1.54) is 0 Å². The molecule has 1 aromatic rings. The van der Waals surface area contributed by atoms with Gasteiger partial charge in [0.2, 0.25) is 0 Å². The van der Waals surface area contributed by atoms with Crippen LogP contribution in [0.25, 0.3) is 0 Å². The molecule has 0 aliphatic carbocycles. The van der Waals surface area contributed by atoms with Gasteiger partial charge in [0, 0.05) is 21.9 Å². The van der Waals surface area contributed by atoms with Crippen LogP contribution in [0.5, 0.6) is 0 Å². The summed E-state index contributed by atoms with van der Waals surface area (Å²) in [5, 5.41) is 0.509. The molecular formula is C6H6ClIN2. The van der Waals surface area contributed by atoms with Crippen LogP contribution in [0, 0.1) is 3.57 Å². The van der Waals surface area contributed by atoms with Crippen LogP contribution >= 0.6 is 34.2 Å². The zero-order valence-electron chi connectivity index (χ0n) is 5.14. The van der Waals surface area contributed by atoms with Gasteiger partial charge in [0.1, 0.15) is 5.15 Å². The Morgan fingerprint density at radius 2 is 2.40 bits per heavy atom. The van der Waals surface area contributed by atoms with Crippen LogP contribution in [0.4, 0.5) is 0 Å². The van der Waals surface area contributed by atoms with Crippen LogP contribution in [0.2, 0.25) is 5.15 Å². The van der Waals surface area contributed by atoms with Crippen molar-refractivity contribution >= 4 is 34.2 Å². The van der Waals surface area contributed by atoms with Crippen molar-refractivity contribution < 1.29 is 0 Å². The Hall–Kier alpha value is 0.130. The van der Waals surface area contributed by atoms with Crippen molar-refractivity contribution in [1.82, 2.24) is 4.98 Å². The number of nitrogens with two attached hydrogens (primary N) is 1. The summed E-state index contributed by atoms with van der Waals surface area (Å²) in [6, 6.07) is 1.88. The summed E-state index contributed by atoms with van der Waals surface area (Å²) in [6.07, 6.45) is 1.67. The third-order valence-corrected chi connectivity index (χ3v) is 2.49. The summed E-state index contributed by atoms with van der Waals surface area (Å²) in [6.45, 7) is 0.449. The lowest BCUT2D eigenvalue weighted by Gasteiger charge is -2.00. The molecule has 2 nitrogen and oxygen atoms in total. The number of pyridine rings is 1. The third-order valence-electron chi connectivity index (χ3n) is 1.15. The first-order valence-electron chi connectivity index (χ1n) is 2.74. The van der Waals surface area contributed by atoms with Gasteiger partial charge in [-0.2, -0.15) is 0 Å². The predicted molar refractivity (Wildman–Crippen MR) is 49.9 cm³/mol. The molecule has 0 bridgehead atoms. The Balaban J connectivity index is 3.17. The topological polar surface area (TPSA) is 38.9 Å². The minimum absolute atomic E-state index is 0.449. The SMILES string of the molecule is NCc1c(I)ccnc1Cl. The molecule has 2 N–H and O–H groups in total. The lowest BCUT2D eigenvalue weighted by Crippen LogP contribution is -2.00. The molecule has 0 aliphatic heterocycles. The van der Waals surface area contributed by atoms with Gasteiger partial charge in [-0.25, -0.2) is 4.98 Å². The molecule has 1 rings (SSSR count). The van der Waals surface area contributed by atoms with Crippen molar-refractivity contribution in [3.63, 3.8) is 0 Å². The third kappa shape index (κ3) is 1.59. The molecule has 4 heteroatoms. The molecule has 54 valence electrons. The minimum atomic E-state index is 0.449. The van der Waals surface area contributed by atoms with Crippen LogP contribution in [-0.2, 0) is 6.54 Å². The van der Waals surface area contributed by atoms with E-state index in [1.54, 1.807) is 6.20 Å². The largest absolute Gasteiger partial charge is 0.326 e. The van der Waals surface area contributed by atoms with E-state index in [9.17, 15) is 0 Å². The number of halogens is 2. The molecule has 1 heterocycles. The van der Waals surface area contributed by atoms with Crippen molar-refractivity contribution in [2.75, 3.05) is 0 Å². The first kappa shape index (κ1) is 8.23. The van der Waals surface area contributed by atoms with E-state index in [0.717, 1.165) is 9.13 Å². The Morgan fingerprint density at radius 3 is 2.80 bits per heavy atom. The maximum atomic E-state index is 5.73. The second-order valence-corrected chi connectivity index (χ2v) is 3.29. The minimum Gasteiger partial charge on any atom is -0.326 e. The fraction of sp³-hybridized carbons (Fsp3) is 0.167. The van der Waals surface area contributed by atoms with E-state index < -0.39 is 0 Å². The molecule has 0 spiro atoms. The van der Waals surface area contributed by atoms with E-state index >= 15 is 0 Å². The quantitative estimate of drug-likeness (QED) is 0.623. The highest BCUT2D eigenvalue weighted by atomic mass is 127. The molecule has 0 aromatic carbocycles. The van der Waals surface area contributed by atoms with E-state index in [-0.39, 0.29) is 0 Å². The molecule has 0 unspecified atom stereocenters. The summed E-state index contributed by atoms with van der Waals surface area (Å²) in [7, 11) is 0. The highest BCUT2D eigenvalue weighted by Gasteiger charge is 2.01. The second-order valence-electron chi connectivity index (χ2n) is 1.77. The number of hydrogen-bond donors (Lipinski definition) is 1. The van der Waals surface area contributed by atoms with Crippen molar-refractivity contribution in [3.8, 4) is 0 Å². The van der Waals surface area contributed by atoms with Crippen molar-refractivity contribution in [1.29, 1.82) is 0 Å². The van der Waals surface area contributed by atoms with E-state index in [1.807, 2.05) is 6.07 Å². The van der Waals surface area contributed by atoms with Crippen LogP contribution in [0.3, 0.4) is 0 Å². The molecule has 0 atom stereocenters. The van der Waals surface area contributed by atoms with E-state index in [0.29, 0.717) is 11.7 Å². The van der Waals surface area contributed by atoms with Crippen molar-refractivity contribution in [3.05, 3.63) is 26.5 Å². The number of nitrogens with zero attached hydrogens (tertiary/aromatic N) is 1. The Morgan fingerprint density at radius 1 is 1.70 bits per heavy atom. The van der Waals surface area contributed by atoms with E-state index in [4.69, 9.17) is 17.3 Å². The lowest BCUT2D eigenvalue weighted by atomic mass is 10.3. The number of hydrogen-bond acceptors (Lipinski definition) is 2. The van der Waals surface area contributed by atoms with Crippen LogP contribution in [0.1, 0.15) is 5.56 Å². The van der Waals surface area contributed by atoms with Gasteiger partial charge in [0.15, 0.2) is 0 Å². The van der Waals surface area contributed by atoms with Gasteiger partial charge < -0.3 is 5.73 Å². The fourth-order valence-electron chi connectivity index (χ4n) is 0.627. The molecule has 10 heavy (non-hydrogen) atoms. The van der Waals surface area contributed by atoms with Gasteiger partial charge in [-0.15, -0.1) is 0 Å². The highest BCUT2D eigenvalue weighted by Crippen LogP contribution is 2.17. The number of aromatic nitrogens is 1. The van der Waals surface area contributed by atoms with Gasteiger partial charge in [0.25, 0.3) is 0 Å². The first-order chi connectivity index (χ1) is 4.75. The zero-order valence-corrected chi connectivity index (χ0v) is 8.06. The van der Waals surface area contributed by atoms with Crippen LogP contribution in [-0.4, -0.2) is 4.98 Å². The molecule has 1 aromatic heterocycles. The van der Waals surface area contributed by atoms with Gasteiger partial charge in [-0.1, -0.05) is 11.6 Å². The summed E-state index contributed by atoms with van der Waals surface area (Å²) in [4.78, 5) is 3.89. The van der Waals surface area contributed by atoms with Crippen molar-refractivity contribution in [2.24, 2.45) is 5.73 Å². The molecule has 0 radical (unpaired) electrons. The van der Waals surface area contributed by atoms with Gasteiger partial charge in [0.05, 0.1) is 0 Å². The summed E-state index contributed by atoms with van der Waals surface area (Å²) in [5.74, 6) is 0. The monoisotopic (exact) mass is 268 g/mol. The lowest BCUT2D eigenvalue weighted by molar-refractivity contribution is 1.04. The molecule has 0 saturated heterocycles. The van der Waals surface area contributed by atoms with Crippen LogP contribution < -0.4 is 5.73 Å². The van der Waals surface area contributed by atoms with Gasteiger partial charge in [-0.05, 0) is 28.7 Å². The fourth-order valence-corrected chi connectivity index (χ4v) is 1.66. The molecule has 0 saturated carbocycles.